The third-order valence-electron chi connectivity index (χ3n) is 3.85. The van der Waals surface area contributed by atoms with Crippen molar-refractivity contribution in [1.82, 2.24) is 4.90 Å². The highest BCUT2D eigenvalue weighted by atomic mass is 35.5. The van der Waals surface area contributed by atoms with Gasteiger partial charge >= 0.3 is 0 Å². The number of ether oxygens (including phenoxy) is 1. The summed E-state index contributed by atoms with van der Waals surface area (Å²) in [7, 11) is 0. The molecule has 2 atom stereocenters. The first kappa shape index (κ1) is 13.9. The van der Waals surface area contributed by atoms with E-state index in [1.165, 1.54) is 0 Å². The zero-order chi connectivity index (χ0) is 14.1. The number of nitrogens with zero attached hydrogens (tertiary/aromatic N) is 1. The molecule has 20 heavy (non-hydrogen) atoms. The fourth-order valence-corrected chi connectivity index (χ4v) is 2.80. The second-order valence-corrected chi connectivity index (χ2v) is 5.60. The van der Waals surface area contributed by atoms with Crippen molar-refractivity contribution < 1.29 is 9.15 Å². The Labute approximate surface area is 123 Å². The zero-order valence-corrected chi connectivity index (χ0v) is 12.3. The molecule has 0 amide bonds. The van der Waals surface area contributed by atoms with Gasteiger partial charge in [0.05, 0.1) is 18.8 Å². The molecule has 0 saturated carbocycles. The van der Waals surface area contributed by atoms with Crippen molar-refractivity contribution in [1.29, 1.82) is 0 Å². The van der Waals surface area contributed by atoms with Gasteiger partial charge in [-0.05, 0) is 30.8 Å². The summed E-state index contributed by atoms with van der Waals surface area (Å²) in [6, 6.07) is 7.28. The molecule has 4 nitrogen and oxygen atoms in total. The van der Waals surface area contributed by atoms with Crippen LogP contribution >= 0.6 is 11.6 Å². The molecule has 2 heterocycles. The van der Waals surface area contributed by atoms with Crippen LogP contribution in [0, 0.1) is 0 Å². The summed E-state index contributed by atoms with van der Waals surface area (Å²) in [5.74, 6) is 0.755. The minimum Gasteiger partial charge on any atom is -0.459 e. The second kappa shape index (κ2) is 5.74. The molecule has 2 aromatic rings. The predicted octanol–water partition coefficient (Wildman–Crippen LogP) is 2.81. The summed E-state index contributed by atoms with van der Waals surface area (Å²) in [5.41, 5.74) is 7.12. The Bertz CT molecular complexity index is 599. The van der Waals surface area contributed by atoms with Gasteiger partial charge in [0.2, 0.25) is 0 Å². The first-order valence-corrected chi connectivity index (χ1v) is 7.33. The third kappa shape index (κ3) is 2.69. The highest BCUT2D eigenvalue weighted by Gasteiger charge is 2.28. The predicted molar refractivity (Wildman–Crippen MR) is 80.0 cm³/mol. The van der Waals surface area contributed by atoms with Gasteiger partial charge < -0.3 is 14.9 Å². The molecule has 0 aliphatic carbocycles. The van der Waals surface area contributed by atoms with Crippen molar-refractivity contribution in [2.45, 2.75) is 19.1 Å². The molecule has 1 aliphatic rings. The maximum absolute atomic E-state index is 6.31. The molecule has 0 radical (unpaired) electrons. The maximum Gasteiger partial charge on any atom is 0.134 e. The molecule has 5 heteroatoms. The Hall–Kier alpha value is -1.07. The highest BCUT2D eigenvalue weighted by molar-refractivity contribution is 6.31. The van der Waals surface area contributed by atoms with E-state index < -0.39 is 0 Å². The molecule has 2 unspecified atom stereocenters. The summed E-state index contributed by atoms with van der Waals surface area (Å²) < 4.78 is 11.6. The number of morpholine rings is 1. The molecule has 108 valence electrons. The number of nitrogens with two attached hydrogens (primary N) is 1. The van der Waals surface area contributed by atoms with Crippen LogP contribution < -0.4 is 5.73 Å². The van der Waals surface area contributed by atoms with Crippen molar-refractivity contribution in [3.8, 4) is 0 Å². The first-order chi connectivity index (χ1) is 9.67. The molecule has 1 saturated heterocycles. The normalized spacial score (nSPS) is 22.2. The van der Waals surface area contributed by atoms with Crippen molar-refractivity contribution in [3.05, 3.63) is 35.0 Å². The van der Waals surface area contributed by atoms with Crippen LogP contribution in [0.2, 0.25) is 5.02 Å². The van der Waals surface area contributed by atoms with Crippen LogP contribution in [0.1, 0.15) is 18.7 Å². The van der Waals surface area contributed by atoms with Crippen LogP contribution in [0.25, 0.3) is 11.0 Å². The van der Waals surface area contributed by atoms with Gasteiger partial charge in [-0.15, -0.1) is 0 Å². The van der Waals surface area contributed by atoms with E-state index >= 15 is 0 Å². The van der Waals surface area contributed by atoms with E-state index in [4.69, 9.17) is 26.5 Å². The molecule has 3 rings (SSSR count). The number of benzene rings is 1. The van der Waals surface area contributed by atoms with Gasteiger partial charge in [-0.25, -0.2) is 0 Å². The first-order valence-electron chi connectivity index (χ1n) is 6.96. The second-order valence-electron chi connectivity index (χ2n) is 5.16. The largest absolute Gasteiger partial charge is 0.459 e. The van der Waals surface area contributed by atoms with E-state index in [9.17, 15) is 0 Å². The number of rotatable bonds is 3. The van der Waals surface area contributed by atoms with E-state index in [0.717, 1.165) is 43.0 Å². The summed E-state index contributed by atoms with van der Waals surface area (Å²) in [6.45, 7) is 5.70. The van der Waals surface area contributed by atoms with Crippen LogP contribution in [0.4, 0.5) is 0 Å². The Balaban J connectivity index is 1.82. The molecular weight excluding hydrogens is 276 g/mol. The van der Waals surface area contributed by atoms with Crippen LogP contribution in [-0.2, 0) is 4.74 Å². The van der Waals surface area contributed by atoms with Crippen molar-refractivity contribution in [2.75, 3.05) is 26.2 Å². The van der Waals surface area contributed by atoms with Gasteiger partial charge in [-0.1, -0.05) is 18.5 Å². The van der Waals surface area contributed by atoms with Gasteiger partial charge in [0, 0.05) is 23.5 Å². The SMILES string of the molecule is CCN1CCOC(C(N)c2cc3cc(Cl)ccc3o2)C1. The lowest BCUT2D eigenvalue weighted by atomic mass is 10.1. The molecular formula is C15H19ClN2O2. The fraction of sp³-hybridized carbons (Fsp3) is 0.467. The van der Waals surface area contributed by atoms with Crippen molar-refractivity contribution >= 4 is 22.6 Å². The molecule has 1 aliphatic heterocycles. The molecule has 0 bridgehead atoms. The van der Waals surface area contributed by atoms with Gasteiger partial charge in [0.25, 0.3) is 0 Å². The van der Waals surface area contributed by atoms with E-state index in [0.29, 0.717) is 5.02 Å². The summed E-state index contributed by atoms with van der Waals surface area (Å²) in [4.78, 5) is 2.34. The lowest BCUT2D eigenvalue weighted by molar-refractivity contribution is -0.0419. The van der Waals surface area contributed by atoms with Crippen molar-refractivity contribution in [3.63, 3.8) is 0 Å². The van der Waals surface area contributed by atoms with E-state index in [1.54, 1.807) is 0 Å². The summed E-state index contributed by atoms with van der Waals surface area (Å²) >= 11 is 5.99. The Kier molecular flexibility index (Phi) is 3.98. The number of fused-ring (bicyclic) bond motifs is 1. The molecule has 2 N–H and O–H groups in total. The monoisotopic (exact) mass is 294 g/mol. The Morgan fingerprint density at radius 3 is 3.10 bits per heavy atom. The lowest BCUT2D eigenvalue weighted by Gasteiger charge is -2.34. The third-order valence-corrected chi connectivity index (χ3v) is 4.09. The minimum atomic E-state index is -0.254. The summed E-state index contributed by atoms with van der Waals surface area (Å²) in [6.07, 6.45) is -0.0280. The Morgan fingerprint density at radius 1 is 1.45 bits per heavy atom. The number of likely N-dealkylation sites (N-methyl/N-ethyl adjacent to an activating group) is 1. The average molecular weight is 295 g/mol. The highest BCUT2D eigenvalue weighted by Crippen LogP contribution is 2.28. The van der Waals surface area contributed by atoms with Gasteiger partial charge in [-0.3, -0.25) is 4.90 Å². The molecule has 1 aromatic heterocycles. The number of halogens is 1. The van der Waals surface area contributed by atoms with Crippen LogP contribution in [0.15, 0.2) is 28.7 Å². The number of hydrogen-bond donors (Lipinski definition) is 1. The van der Waals surface area contributed by atoms with Gasteiger partial charge in [0.15, 0.2) is 0 Å². The van der Waals surface area contributed by atoms with Crippen molar-refractivity contribution in [2.24, 2.45) is 5.73 Å². The zero-order valence-electron chi connectivity index (χ0n) is 11.5. The molecule has 1 fully saturated rings. The smallest absolute Gasteiger partial charge is 0.134 e. The molecule has 1 aromatic carbocycles. The lowest BCUT2D eigenvalue weighted by Crippen LogP contribution is -2.46. The Morgan fingerprint density at radius 2 is 2.30 bits per heavy atom. The average Bonchev–Trinajstić information content (AvgIpc) is 2.89. The summed E-state index contributed by atoms with van der Waals surface area (Å²) in [5, 5.41) is 1.68. The van der Waals surface area contributed by atoms with E-state index in [2.05, 4.69) is 11.8 Å². The maximum atomic E-state index is 6.31. The van der Waals surface area contributed by atoms with Crippen LogP contribution in [-0.4, -0.2) is 37.2 Å². The minimum absolute atomic E-state index is 0.0280. The number of hydrogen-bond acceptors (Lipinski definition) is 4. The van der Waals surface area contributed by atoms with Crippen LogP contribution in [0.5, 0.6) is 0 Å². The van der Waals surface area contributed by atoms with E-state index in [1.807, 2.05) is 24.3 Å². The number of furan rings is 1. The van der Waals surface area contributed by atoms with Gasteiger partial charge in [0.1, 0.15) is 11.3 Å². The van der Waals surface area contributed by atoms with Crippen LogP contribution in [0.3, 0.4) is 0 Å². The van der Waals surface area contributed by atoms with E-state index in [-0.39, 0.29) is 12.1 Å². The van der Waals surface area contributed by atoms with Gasteiger partial charge in [-0.2, -0.15) is 0 Å². The topological polar surface area (TPSA) is 51.6 Å². The fourth-order valence-electron chi connectivity index (χ4n) is 2.62. The standard InChI is InChI=1S/C15H19ClN2O2/c1-2-18-5-6-19-14(9-18)15(17)13-8-10-7-11(16)3-4-12(10)20-13/h3-4,7-8,14-15H,2,5-6,9,17H2,1H3. The molecule has 0 spiro atoms. The quantitative estimate of drug-likeness (QED) is 0.946.